The minimum atomic E-state index is -0.328. The first kappa shape index (κ1) is 16.5. The normalized spacial score (nSPS) is 11.7. The lowest BCUT2D eigenvalue weighted by Gasteiger charge is -2.05. The van der Waals surface area contributed by atoms with Gasteiger partial charge in [-0.3, -0.25) is 4.79 Å². The Balaban J connectivity index is 1.84. The van der Waals surface area contributed by atoms with E-state index in [-0.39, 0.29) is 11.7 Å². The largest absolute Gasteiger partial charge is 0.508 e. The monoisotopic (exact) mass is 358 g/mol. The third-order valence-corrected chi connectivity index (χ3v) is 5.24. The van der Waals surface area contributed by atoms with Crippen molar-refractivity contribution in [1.29, 1.82) is 0 Å². The van der Waals surface area contributed by atoms with Crippen LogP contribution in [0.5, 0.6) is 5.75 Å². The van der Waals surface area contributed by atoms with Crippen molar-refractivity contribution in [2.24, 2.45) is 5.10 Å². The number of hydrogen-bond donors (Lipinski definition) is 2. The maximum absolute atomic E-state index is 12.4. The van der Waals surface area contributed by atoms with Crippen molar-refractivity contribution >= 4 is 44.6 Å². The highest BCUT2D eigenvalue weighted by atomic mass is 35.5. The molecule has 0 bridgehead atoms. The Bertz CT molecular complexity index is 916. The molecule has 0 fully saturated rings. The molecular weight excluding hydrogens is 344 g/mol. The Morgan fingerprint density at radius 3 is 2.58 bits per heavy atom. The van der Waals surface area contributed by atoms with Crippen LogP contribution in [0, 0.1) is 0 Å². The third kappa shape index (κ3) is 3.27. The molecule has 1 aromatic heterocycles. The number of nitrogens with zero attached hydrogens (tertiary/aromatic N) is 1. The summed E-state index contributed by atoms with van der Waals surface area (Å²) in [5.41, 5.74) is 4.15. The number of phenols is 1. The fourth-order valence-electron chi connectivity index (χ4n) is 2.33. The quantitative estimate of drug-likeness (QED) is 0.519. The molecule has 4 nitrogen and oxygen atoms in total. The molecule has 0 radical (unpaired) electrons. The van der Waals surface area contributed by atoms with Gasteiger partial charge in [-0.05, 0) is 42.3 Å². The molecule has 0 aliphatic heterocycles. The van der Waals surface area contributed by atoms with Gasteiger partial charge in [-0.25, -0.2) is 5.43 Å². The fraction of sp³-hybridized carbons (Fsp3) is 0.111. The molecule has 0 atom stereocenters. The van der Waals surface area contributed by atoms with Crippen molar-refractivity contribution < 1.29 is 9.90 Å². The standard InChI is InChI=1S/C18H15ClN2O2S/c1-2-14(11-7-9-12(22)10-8-11)20-21-18(23)17-16(19)13-5-3-4-6-15(13)24-17/h3-10,22H,2H2,1H3,(H,21,23)/b20-14-. The zero-order chi connectivity index (χ0) is 17.1. The van der Waals surface area contributed by atoms with Gasteiger partial charge in [-0.2, -0.15) is 5.10 Å². The van der Waals surface area contributed by atoms with Crippen LogP contribution in [0.1, 0.15) is 28.6 Å². The SMILES string of the molecule is CC/C(=N/NC(=O)c1sc2ccccc2c1Cl)c1ccc(O)cc1. The van der Waals surface area contributed by atoms with Gasteiger partial charge in [0.25, 0.3) is 5.91 Å². The second-order valence-corrected chi connectivity index (χ2v) is 6.57. The van der Waals surface area contributed by atoms with Crippen molar-refractivity contribution in [3.8, 4) is 5.75 Å². The van der Waals surface area contributed by atoms with Crippen molar-refractivity contribution in [2.45, 2.75) is 13.3 Å². The number of thiophene rings is 1. The summed E-state index contributed by atoms with van der Waals surface area (Å²) in [6.07, 6.45) is 0.644. The molecular formula is C18H15ClN2O2S. The number of benzene rings is 2. The van der Waals surface area contributed by atoms with E-state index in [2.05, 4.69) is 10.5 Å². The van der Waals surface area contributed by atoms with Gasteiger partial charge in [0, 0.05) is 10.1 Å². The van der Waals surface area contributed by atoms with Gasteiger partial charge in [0.05, 0.1) is 10.7 Å². The van der Waals surface area contributed by atoms with E-state index in [0.717, 1.165) is 21.4 Å². The number of rotatable bonds is 4. The second-order valence-electron chi connectivity index (χ2n) is 5.14. The Labute approximate surface area is 148 Å². The highest BCUT2D eigenvalue weighted by molar-refractivity contribution is 7.21. The first-order chi connectivity index (χ1) is 11.6. The van der Waals surface area contributed by atoms with Crippen LogP contribution in [-0.4, -0.2) is 16.7 Å². The summed E-state index contributed by atoms with van der Waals surface area (Å²) in [6, 6.07) is 14.3. The molecule has 0 saturated heterocycles. The van der Waals surface area contributed by atoms with Gasteiger partial charge in [0.2, 0.25) is 0 Å². The smallest absolute Gasteiger partial charge is 0.283 e. The molecule has 1 amide bonds. The van der Waals surface area contributed by atoms with Crippen LogP contribution in [0.3, 0.4) is 0 Å². The molecule has 3 rings (SSSR count). The summed E-state index contributed by atoms with van der Waals surface area (Å²) in [7, 11) is 0. The molecule has 24 heavy (non-hydrogen) atoms. The molecule has 3 aromatic rings. The number of phenolic OH excluding ortho intramolecular Hbond substituents is 1. The van der Waals surface area contributed by atoms with E-state index >= 15 is 0 Å². The number of hydrazone groups is 1. The molecule has 2 aromatic carbocycles. The molecule has 1 heterocycles. The van der Waals surface area contributed by atoms with Crippen LogP contribution in [0.25, 0.3) is 10.1 Å². The van der Waals surface area contributed by atoms with Crippen molar-refractivity contribution in [3.63, 3.8) is 0 Å². The number of carbonyl (C=O) groups excluding carboxylic acids is 1. The summed E-state index contributed by atoms with van der Waals surface area (Å²) in [4.78, 5) is 12.9. The number of amides is 1. The van der Waals surface area contributed by atoms with Crippen molar-refractivity contribution in [1.82, 2.24) is 5.43 Å². The number of halogens is 1. The van der Waals surface area contributed by atoms with Gasteiger partial charge in [0.1, 0.15) is 10.6 Å². The minimum Gasteiger partial charge on any atom is -0.508 e. The second kappa shape index (κ2) is 7.03. The fourth-order valence-corrected chi connectivity index (χ4v) is 3.74. The lowest BCUT2D eigenvalue weighted by atomic mass is 10.1. The third-order valence-electron chi connectivity index (χ3n) is 3.57. The summed E-state index contributed by atoms with van der Waals surface area (Å²) < 4.78 is 0.964. The topological polar surface area (TPSA) is 61.7 Å². The summed E-state index contributed by atoms with van der Waals surface area (Å²) in [5, 5.41) is 14.9. The first-order valence-electron chi connectivity index (χ1n) is 7.43. The average Bonchev–Trinajstić information content (AvgIpc) is 2.94. The van der Waals surface area contributed by atoms with E-state index in [1.165, 1.54) is 11.3 Å². The Kier molecular flexibility index (Phi) is 4.83. The van der Waals surface area contributed by atoms with Gasteiger partial charge >= 0.3 is 0 Å². The average molecular weight is 359 g/mol. The Hall–Kier alpha value is -2.37. The molecule has 0 aliphatic carbocycles. The van der Waals surface area contributed by atoms with E-state index in [4.69, 9.17) is 11.6 Å². The zero-order valence-electron chi connectivity index (χ0n) is 12.9. The maximum atomic E-state index is 12.4. The molecule has 0 spiro atoms. The summed E-state index contributed by atoms with van der Waals surface area (Å²) in [6.45, 7) is 1.95. The highest BCUT2D eigenvalue weighted by Crippen LogP contribution is 2.34. The van der Waals surface area contributed by atoms with Crippen LogP contribution in [0.15, 0.2) is 53.6 Å². The van der Waals surface area contributed by atoms with Crippen molar-refractivity contribution in [2.75, 3.05) is 0 Å². The zero-order valence-corrected chi connectivity index (χ0v) is 14.5. The molecule has 0 saturated carbocycles. The van der Waals surface area contributed by atoms with Gasteiger partial charge in [-0.1, -0.05) is 36.7 Å². The number of aromatic hydroxyl groups is 1. The van der Waals surface area contributed by atoms with E-state index < -0.39 is 0 Å². The number of carbonyl (C=O) groups is 1. The lowest BCUT2D eigenvalue weighted by molar-refractivity contribution is 0.0959. The molecule has 2 N–H and O–H groups in total. The van der Waals surface area contributed by atoms with Gasteiger partial charge in [0.15, 0.2) is 0 Å². The predicted molar refractivity (Wildman–Crippen MR) is 99.2 cm³/mol. The van der Waals surface area contributed by atoms with E-state index in [9.17, 15) is 9.90 Å². The van der Waals surface area contributed by atoms with Crippen LogP contribution in [-0.2, 0) is 0 Å². The first-order valence-corrected chi connectivity index (χ1v) is 8.63. The Morgan fingerprint density at radius 2 is 1.92 bits per heavy atom. The highest BCUT2D eigenvalue weighted by Gasteiger charge is 2.16. The minimum absolute atomic E-state index is 0.190. The number of fused-ring (bicyclic) bond motifs is 1. The molecule has 0 aliphatic rings. The lowest BCUT2D eigenvalue weighted by Crippen LogP contribution is -2.19. The van der Waals surface area contributed by atoms with Crippen LogP contribution in [0.4, 0.5) is 0 Å². The summed E-state index contributed by atoms with van der Waals surface area (Å²) in [5.74, 6) is -0.138. The Morgan fingerprint density at radius 1 is 1.21 bits per heavy atom. The van der Waals surface area contributed by atoms with Crippen LogP contribution >= 0.6 is 22.9 Å². The molecule has 122 valence electrons. The van der Waals surface area contributed by atoms with E-state index in [1.807, 2.05) is 31.2 Å². The molecule has 6 heteroatoms. The van der Waals surface area contributed by atoms with Gasteiger partial charge in [-0.15, -0.1) is 11.3 Å². The van der Waals surface area contributed by atoms with Crippen molar-refractivity contribution in [3.05, 3.63) is 64.0 Å². The van der Waals surface area contributed by atoms with Crippen LogP contribution in [0.2, 0.25) is 5.02 Å². The van der Waals surface area contributed by atoms with Crippen LogP contribution < -0.4 is 5.43 Å². The number of hydrogen-bond acceptors (Lipinski definition) is 4. The van der Waals surface area contributed by atoms with E-state index in [1.54, 1.807) is 24.3 Å². The predicted octanol–water partition coefficient (Wildman–Crippen LogP) is 4.80. The van der Waals surface area contributed by atoms with E-state index in [0.29, 0.717) is 16.3 Å². The number of nitrogens with one attached hydrogen (secondary N) is 1. The summed E-state index contributed by atoms with van der Waals surface area (Å²) >= 11 is 7.65. The maximum Gasteiger partial charge on any atom is 0.283 e. The van der Waals surface area contributed by atoms with Gasteiger partial charge < -0.3 is 5.11 Å². The molecule has 0 unspecified atom stereocenters.